The van der Waals surface area contributed by atoms with Gasteiger partial charge in [-0.05, 0) is 0 Å². The SMILES string of the molecule is C#CCOC(OCC#C)(OCC#C)C(C)=O. The summed E-state index contributed by atoms with van der Waals surface area (Å²) in [5, 5.41) is 0. The summed E-state index contributed by atoms with van der Waals surface area (Å²) in [5.41, 5.74) is 0. The fourth-order valence-corrected chi connectivity index (χ4v) is 0.840. The maximum Gasteiger partial charge on any atom is 0.349 e. The summed E-state index contributed by atoms with van der Waals surface area (Å²) in [6.07, 6.45) is 15.0. The third-order valence-corrected chi connectivity index (χ3v) is 1.47. The van der Waals surface area contributed by atoms with E-state index in [1.165, 1.54) is 6.92 Å². The van der Waals surface area contributed by atoms with Crippen molar-refractivity contribution in [1.29, 1.82) is 0 Å². The molecule has 0 saturated heterocycles. The van der Waals surface area contributed by atoms with E-state index in [0.29, 0.717) is 0 Å². The maximum absolute atomic E-state index is 11.4. The van der Waals surface area contributed by atoms with Crippen LogP contribution in [0, 0.1) is 37.0 Å². The van der Waals surface area contributed by atoms with Crippen LogP contribution >= 0.6 is 0 Å². The first-order valence-electron chi connectivity index (χ1n) is 4.36. The van der Waals surface area contributed by atoms with E-state index >= 15 is 0 Å². The standard InChI is InChI=1S/C12H12O4/c1-5-8-14-12(11(4)13,15-9-6-2)16-10-7-3/h1-3H,8-10H2,4H3. The molecule has 0 atom stereocenters. The molecule has 0 unspecified atom stereocenters. The second-order valence-corrected chi connectivity index (χ2v) is 2.59. The van der Waals surface area contributed by atoms with Crippen LogP contribution in [-0.4, -0.2) is 31.6 Å². The van der Waals surface area contributed by atoms with E-state index in [9.17, 15) is 4.79 Å². The maximum atomic E-state index is 11.4. The third-order valence-electron chi connectivity index (χ3n) is 1.47. The number of carbonyl (C=O) groups excluding carboxylic acids is 1. The van der Waals surface area contributed by atoms with Gasteiger partial charge in [-0.2, -0.15) is 0 Å². The normalized spacial score (nSPS) is 9.88. The molecule has 0 aromatic carbocycles. The molecular formula is C12H12O4. The average Bonchev–Trinajstić information content (AvgIpc) is 2.28. The Labute approximate surface area is 95.3 Å². The van der Waals surface area contributed by atoms with Crippen molar-refractivity contribution in [3.05, 3.63) is 0 Å². The van der Waals surface area contributed by atoms with Gasteiger partial charge in [-0.1, -0.05) is 17.8 Å². The van der Waals surface area contributed by atoms with Crippen LogP contribution in [0.15, 0.2) is 0 Å². The monoisotopic (exact) mass is 220 g/mol. The molecule has 0 aromatic rings. The molecule has 0 bridgehead atoms. The van der Waals surface area contributed by atoms with Crippen LogP contribution in [0.2, 0.25) is 0 Å². The molecule has 0 radical (unpaired) electrons. The quantitative estimate of drug-likeness (QED) is 0.453. The van der Waals surface area contributed by atoms with Gasteiger partial charge in [-0.15, -0.1) is 19.3 Å². The summed E-state index contributed by atoms with van der Waals surface area (Å²) >= 11 is 0. The number of carbonyl (C=O) groups is 1. The second kappa shape index (κ2) is 7.51. The Morgan fingerprint density at radius 1 is 1.00 bits per heavy atom. The van der Waals surface area contributed by atoms with Crippen molar-refractivity contribution in [2.45, 2.75) is 12.9 Å². The summed E-state index contributed by atoms with van der Waals surface area (Å²) in [6, 6.07) is 0. The fourth-order valence-electron chi connectivity index (χ4n) is 0.840. The van der Waals surface area contributed by atoms with E-state index in [2.05, 4.69) is 17.8 Å². The molecule has 0 aliphatic rings. The smallest absolute Gasteiger partial charge is 0.308 e. The van der Waals surface area contributed by atoms with Gasteiger partial charge in [-0.25, -0.2) is 0 Å². The molecule has 0 aliphatic heterocycles. The van der Waals surface area contributed by atoms with Gasteiger partial charge in [0.05, 0.1) is 0 Å². The van der Waals surface area contributed by atoms with Crippen molar-refractivity contribution in [2.75, 3.05) is 19.8 Å². The molecule has 16 heavy (non-hydrogen) atoms. The fraction of sp³-hybridized carbons (Fsp3) is 0.417. The molecule has 0 heterocycles. The minimum Gasteiger partial charge on any atom is -0.308 e. The van der Waals surface area contributed by atoms with Crippen molar-refractivity contribution < 1.29 is 19.0 Å². The van der Waals surface area contributed by atoms with E-state index in [1.54, 1.807) is 0 Å². The third kappa shape index (κ3) is 4.17. The molecule has 0 saturated carbocycles. The Kier molecular flexibility index (Phi) is 6.68. The van der Waals surface area contributed by atoms with E-state index in [1.807, 2.05) is 0 Å². The Morgan fingerprint density at radius 3 is 1.50 bits per heavy atom. The summed E-state index contributed by atoms with van der Waals surface area (Å²) in [6.45, 7) is 0.752. The van der Waals surface area contributed by atoms with Gasteiger partial charge in [0.25, 0.3) is 0 Å². The van der Waals surface area contributed by atoms with E-state index in [0.717, 1.165) is 0 Å². The van der Waals surface area contributed by atoms with Gasteiger partial charge >= 0.3 is 5.97 Å². The molecule has 84 valence electrons. The Morgan fingerprint density at radius 2 is 1.31 bits per heavy atom. The predicted octanol–water partition coefficient (Wildman–Crippen LogP) is 0.179. The van der Waals surface area contributed by atoms with Crippen molar-refractivity contribution in [2.24, 2.45) is 0 Å². The zero-order chi connectivity index (χ0) is 12.4. The lowest BCUT2D eigenvalue weighted by Gasteiger charge is -2.28. The van der Waals surface area contributed by atoms with Crippen LogP contribution in [0.4, 0.5) is 0 Å². The molecule has 0 rings (SSSR count). The van der Waals surface area contributed by atoms with Gasteiger partial charge in [-0.3, -0.25) is 4.79 Å². The minimum atomic E-state index is -1.91. The van der Waals surface area contributed by atoms with Crippen LogP contribution < -0.4 is 0 Å². The topological polar surface area (TPSA) is 44.8 Å². The van der Waals surface area contributed by atoms with Crippen molar-refractivity contribution in [1.82, 2.24) is 0 Å². The number of Topliss-reactive ketones (excluding diaryl/α,β-unsaturated/α-hetero) is 1. The first kappa shape index (κ1) is 14.2. The first-order chi connectivity index (χ1) is 7.63. The molecular weight excluding hydrogens is 208 g/mol. The van der Waals surface area contributed by atoms with Crippen molar-refractivity contribution >= 4 is 5.78 Å². The Balaban J connectivity index is 4.77. The van der Waals surface area contributed by atoms with Gasteiger partial charge < -0.3 is 14.2 Å². The zero-order valence-corrected chi connectivity index (χ0v) is 8.99. The molecule has 0 aromatic heterocycles. The summed E-state index contributed by atoms with van der Waals surface area (Å²) < 4.78 is 15.1. The largest absolute Gasteiger partial charge is 0.349 e. The number of hydrogen-bond donors (Lipinski definition) is 0. The lowest BCUT2D eigenvalue weighted by molar-refractivity contribution is -0.340. The van der Waals surface area contributed by atoms with E-state index in [-0.39, 0.29) is 19.8 Å². The second-order valence-electron chi connectivity index (χ2n) is 2.59. The lowest BCUT2D eigenvalue weighted by Crippen LogP contribution is -2.46. The molecule has 0 fully saturated rings. The number of terminal acetylenes is 3. The van der Waals surface area contributed by atoms with E-state index in [4.69, 9.17) is 33.5 Å². The van der Waals surface area contributed by atoms with Crippen molar-refractivity contribution in [3.63, 3.8) is 0 Å². The zero-order valence-electron chi connectivity index (χ0n) is 8.99. The summed E-state index contributed by atoms with van der Waals surface area (Å²) in [7, 11) is 0. The van der Waals surface area contributed by atoms with Crippen LogP contribution in [-0.2, 0) is 19.0 Å². The van der Waals surface area contributed by atoms with Gasteiger partial charge in [0.15, 0.2) is 0 Å². The Hall–Kier alpha value is -1.77. The van der Waals surface area contributed by atoms with E-state index < -0.39 is 11.8 Å². The number of rotatable bonds is 7. The molecule has 0 N–H and O–H groups in total. The highest BCUT2D eigenvalue weighted by molar-refractivity contribution is 5.82. The average molecular weight is 220 g/mol. The van der Waals surface area contributed by atoms with Crippen LogP contribution in [0.25, 0.3) is 0 Å². The van der Waals surface area contributed by atoms with Crippen molar-refractivity contribution in [3.8, 4) is 37.0 Å². The lowest BCUT2D eigenvalue weighted by atomic mass is 10.3. The van der Waals surface area contributed by atoms with Gasteiger partial charge in [0, 0.05) is 6.92 Å². The van der Waals surface area contributed by atoms with Gasteiger partial charge in [0.1, 0.15) is 19.8 Å². The highest BCUT2D eigenvalue weighted by Gasteiger charge is 2.39. The number of ketones is 1. The number of hydrogen-bond acceptors (Lipinski definition) is 4. The van der Waals surface area contributed by atoms with Gasteiger partial charge in [0.2, 0.25) is 5.78 Å². The minimum absolute atomic E-state index is 0.158. The first-order valence-corrected chi connectivity index (χ1v) is 4.36. The molecule has 0 spiro atoms. The molecule has 0 amide bonds. The summed E-state index contributed by atoms with van der Waals surface area (Å²) in [5.74, 6) is 4.15. The van der Waals surface area contributed by atoms with Crippen LogP contribution in [0.3, 0.4) is 0 Å². The number of ether oxygens (including phenoxy) is 3. The highest BCUT2D eigenvalue weighted by Crippen LogP contribution is 2.16. The highest BCUT2D eigenvalue weighted by atomic mass is 16.9. The van der Waals surface area contributed by atoms with Crippen LogP contribution in [0.5, 0.6) is 0 Å². The molecule has 0 aliphatic carbocycles. The summed E-state index contributed by atoms with van der Waals surface area (Å²) in [4.78, 5) is 11.4. The Bertz CT molecular complexity index is 305. The predicted molar refractivity (Wildman–Crippen MR) is 57.8 cm³/mol. The van der Waals surface area contributed by atoms with Crippen LogP contribution in [0.1, 0.15) is 6.92 Å². The molecule has 4 nitrogen and oxygen atoms in total. The molecule has 4 heteroatoms.